The third-order valence-electron chi connectivity index (χ3n) is 6.04. The van der Waals surface area contributed by atoms with Gasteiger partial charge in [0.15, 0.2) is 11.5 Å². The Morgan fingerprint density at radius 1 is 1.13 bits per heavy atom. The van der Waals surface area contributed by atoms with Gasteiger partial charge in [-0.05, 0) is 67.5 Å². The zero-order valence-corrected chi connectivity index (χ0v) is 18.0. The maximum Gasteiger partial charge on any atom is 0.220 e. The summed E-state index contributed by atoms with van der Waals surface area (Å²) in [7, 11) is 0. The lowest BCUT2D eigenvalue weighted by Gasteiger charge is -2.33. The van der Waals surface area contributed by atoms with Crippen LogP contribution in [-0.4, -0.2) is 32.2 Å². The molecule has 2 aliphatic heterocycles. The quantitative estimate of drug-likeness (QED) is 0.764. The smallest absolute Gasteiger partial charge is 0.220 e. The normalized spacial score (nSPS) is 19.3. The lowest BCUT2D eigenvalue weighted by atomic mass is 9.99. The number of carbonyl (C=O) groups is 1. The molecule has 5 nitrogen and oxygen atoms in total. The van der Waals surface area contributed by atoms with Crippen LogP contribution < -0.4 is 19.7 Å². The van der Waals surface area contributed by atoms with Gasteiger partial charge >= 0.3 is 0 Å². The number of nitrogens with zero attached hydrogens (tertiary/aromatic N) is 1. The number of anilines is 1. The molecule has 30 heavy (non-hydrogen) atoms. The fourth-order valence-electron chi connectivity index (χ4n) is 4.30. The van der Waals surface area contributed by atoms with Crippen molar-refractivity contribution in [3.05, 3.63) is 53.6 Å². The van der Waals surface area contributed by atoms with E-state index >= 15 is 0 Å². The fourth-order valence-corrected chi connectivity index (χ4v) is 4.30. The molecule has 0 bridgehead atoms. The van der Waals surface area contributed by atoms with E-state index in [2.05, 4.69) is 41.4 Å². The van der Waals surface area contributed by atoms with Crippen molar-refractivity contribution in [2.75, 3.05) is 31.2 Å². The Balaban J connectivity index is 1.28. The Morgan fingerprint density at radius 3 is 2.67 bits per heavy atom. The molecule has 0 radical (unpaired) electrons. The minimum atomic E-state index is -0.00732. The van der Waals surface area contributed by atoms with Gasteiger partial charge in [0.05, 0.1) is 6.04 Å². The molecule has 2 aromatic carbocycles. The lowest BCUT2D eigenvalue weighted by Crippen LogP contribution is -2.34. The largest absolute Gasteiger partial charge is 0.486 e. The van der Waals surface area contributed by atoms with Crippen LogP contribution >= 0.6 is 0 Å². The number of carbonyl (C=O) groups excluding carboxylic acids is 1. The third kappa shape index (κ3) is 5.07. The second kappa shape index (κ2) is 9.41. The van der Waals surface area contributed by atoms with Crippen LogP contribution in [0, 0.1) is 5.92 Å². The first-order valence-electron chi connectivity index (χ1n) is 11.1. The number of nitrogens with one attached hydrogen (secondary N) is 1. The number of aryl methyl sites for hydroxylation is 1. The standard InChI is InChI=1S/C25H32N2O3/c1-18-4-3-13-27(17-18)22-9-7-21(8-10-22)19(2)26-25(28)12-6-20-5-11-23-24(16-20)30-15-14-29-23/h5,7-11,16,18-19H,3-4,6,12-15,17H2,1-2H3,(H,26,28)/t18-,19+/m1/s1. The van der Waals surface area contributed by atoms with E-state index in [1.807, 2.05) is 25.1 Å². The van der Waals surface area contributed by atoms with Crippen molar-refractivity contribution in [2.24, 2.45) is 5.92 Å². The summed E-state index contributed by atoms with van der Waals surface area (Å²) >= 11 is 0. The van der Waals surface area contributed by atoms with Gasteiger partial charge in [-0.15, -0.1) is 0 Å². The van der Waals surface area contributed by atoms with E-state index in [4.69, 9.17) is 9.47 Å². The number of piperidine rings is 1. The highest BCUT2D eigenvalue weighted by molar-refractivity contribution is 5.76. The first-order valence-corrected chi connectivity index (χ1v) is 11.1. The maximum absolute atomic E-state index is 12.5. The topological polar surface area (TPSA) is 50.8 Å². The van der Waals surface area contributed by atoms with Crippen molar-refractivity contribution < 1.29 is 14.3 Å². The Hall–Kier alpha value is -2.69. The van der Waals surface area contributed by atoms with Crippen LogP contribution in [-0.2, 0) is 11.2 Å². The van der Waals surface area contributed by atoms with Gasteiger partial charge in [0.2, 0.25) is 5.91 Å². The summed E-state index contributed by atoms with van der Waals surface area (Å²) in [4.78, 5) is 14.9. The first-order chi connectivity index (χ1) is 14.6. The predicted molar refractivity (Wildman–Crippen MR) is 119 cm³/mol. The number of hydrogen-bond acceptors (Lipinski definition) is 4. The number of benzene rings is 2. The predicted octanol–water partition coefficient (Wildman–Crippen LogP) is 4.50. The van der Waals surface area contributed by atoms with Crippen LogP contribution in [0.15, 0.2) is 42.5 Å². The minimum absolute atomic E-state index is 0.00732. The summed E-state index contributed by atoms with van der Waals surface area (Å²) in [5.41, 5.74) is 3.50. The van der Waals surface area contributed by atoms with Crippen molar-refractivity contribution in [1.29, 1.82) is 0 Å². The highest BCUT2D eigenvalue weighted by atomic mass is 16.6. The molecule has 0 saturated carbocycles. The molecule has 0 aromatic heterocycles. The van der Waals surface area contributed by atoms with Crippen molar-refractivity contribution in [3.63, 3.8) is 0 Å². The average molecular weight is 409 g/mol. The Kier molecular flexibility index (Phi) is 6.46. The molecule has 5 heteroatoms. The molecule has 2 aromatic rings. The van der Waals surface area contributed by atoms with Gasteiger partial charge in [0.1, 0.15) is 13.2 Å². The van der Waals surface area contributed by atoms with Crippen LogP contribution in [0.4, 0.5) is 5.69 Å². The van der Waals surface area contributed by atoms with Crippen molar-refractivity contribution in [3.8, 4) is 11.5 Å². The molecule has 2 heterocycles. The zero-order chi connectivity index (χ0) is 20.9. The van der Waals surface area contributed by atoms with E-state index in [1.54, 1.807) is 0 Å². The van der Waals surface area contributed by atoms with Gasteiger partial charge in [-0.25, -0.2) is 0 Å². The first kappa shape index (κ1) is 20.6. The summed E-state index contributed by atoms with van der Waals surface area (Å²) < 4.78 is 11.2. The van der Waals surface area contributed by atoms with Gasteiger partial charge in [-0.1, -0.05) is 25.1 Å². The van der Waals surface area contributed by atoms with Crippen LogP contribution in [0.25, 0.3) is 0 Å². The van der Waals surface area contributed by atoms with Crippen LogP contribution in [0.2, 0.25) is 0 Å². The van der Waals surface area contributed by atoms with Gasteiger partial charge in [-0.2, -0.15) is 0 Å². The molecule has 2 aliphatic rings. The molecule has 0 spiro atoms. The summed E-state index contributed by atoms with van der Waals surface area (Å²) in [5.74, 6) is 2.37. The number of ether oxygens (including phenoxy) is 2. The molecule has 1 fully saturated rings. The summed E-state index contributed by atoms with van der Waals surface area (Å²) in [5, 5.41) is 3.13. The Bertz CT molecular complexity index is 865. The molecule has 1 amide bonds. The van der Waals surface area contributed by atoms with E-state index < -0.39 is 0 Å². The number of rotatable bonds is 6. The second-order valence-corrected chi connectivity index (χ2v) is 8.55. The molecule has 1 saturated heterocycles. The molecule has 1 N–H and O–H groups in total. The third-order valence-corrected chi connectivity index (χ3v) is 6.04. The monoisotopic (exact) mass is 408 g/mol. The van der Waals surface area contributed by atoms with Gasteiger partial charge in [0.25, 0.3) is 0 Å². The lowest BCUT2D eigenvalue weighted by molar-refractivity contribution is -0.121. The molecule has 0 unspecified atom stereocenters. The van der Waals surface area contributed by atoms with Gasteiger partial charge in [0, 0.05) is 25.2 Å². The van der Waals surface area contributed by atoms with Crippen molar-refractivity contribution in [1.82, 2.24) is 5.32 Å². The Labute approximate surface area is 179 Å². The maximum atomic E-state index is 12.5. The highest BCUT2D eigenvalue weighted by Crippen LogP contribution is 2.31. The molecule has 4 rings (SSSR count). The summed E-state index contributed by atoms with van der Waals surface area (Å²) in [6, 6.07) is 14.6. The van der Waals surface area contributed by atoms with E-state index in [0.717, 1.165) is 41.6 Å². The average Bonchev–Trinajstić information content (AvgIpc) is 2.77. The zero-order valence-electron chi connectivity index (χ0n) is 18.0. The van der Waals surface area contributed by atoms with Crippen LogP contribution in [0.3, 0.4) is 0 Å². The van der Waals surface area contributed by atoms with Crippen LogP contribution in [0.1, 0.15) is 50.3 Å². The summed E-state index contributed by atoms with van der Waals surface area (Å²) in [6.07, 6.45) is 3.72. The molecule has 0 aliphatic carbocycles. The summed E-state index contributed by atoms with van der Waals surface area (Å²) in [6.45, 7) is 7.79. The number of amides is 1. The fraction of sp³-hybridized carbons (Fsp3) is 0.480. The molecular weight excluding hydrogens is 376 g/mol. The van der Waals surface area contributed by atoms with Gasteiger partial charge < -0.3 is 19.7 Å². The van der Waals surface area contributed by atoms with Crippen LogP contribution in [0.5, 0.6) is 11.5 Å². The molecule has 160 valence electrons. The molecule has 2 atom stereocenters. The number of fused-ring (bicyclic) bond motifs is 1. The number of hydrogen-bond donors (Lipinski definition) is 1. The minimum Gasteiger partial charge on any atom is -0.486 e. The van der Waals surface area contributed by atoms with E-state index in [1.165, 1.54) is 18.5 Å². The van der Waals surface area contributed by atoms with E-state index in [-0.39, 0.29) is 11.9 Å². The van der Waals surface area contributed by atoms with Crippen molar-refractivity contribution in [2.45, 2.75) is 45.6 Å². The highest BCUT2D eigenvalue weighted by Gasteiger charge is 2.17. The SMILES string of the molecule is C[C@@H]1CCCN(c2ccc([C@H](C)NC(=O)CCc3ccc4c(c3)OCCO4)cc2)C1. The van der Waals surface area contributed by atoms with Crippen molar-refractivity contribution >= 4 is 11.6 Å². The van der Waals surface area contributed by atoms with E-state index in [0.29, 0.717) is 26.1 Å². The van der Waals surface area contributed by atoms with Gasteiger partial charge in [-0.3, -0.25) is 4.79 Å². The molecular formula is C25H32N2O3. The second-order valence-electron chi connectivity index (χ2n) is 8.55. The Morgan fingerprint density at radius 2 is 1.90 bits per heavy atom. The van der Waals surface area contributed by atoms with E-state index in [9.17, 15) is 4.79 Å².